The molecular formula is C27H31Cl3N2O. The summed E-state index contributed by atoms with van der Waals surface area (Å²) in [5.41, 5.74) is 2.43. The number of carbonyl (C=O) groups is 1. The zero-order chi connectivity index (χ0) is 22.9. The second-order valence-electron chi connectivity index (χ2n) is 10.0. The molecule has 176 valence electrons. The van der Waals surface area contributed by atoms with Gasteiger partial charge in [-0.1, -0.05) is 72.3 Å². The number of nitrogens with one attached hydrogen (secondary N) is 1. The van der Waals surface area contributed by atoms with Crippen molar-refractivity contribution < 1.29 is 4.79 Å². The van der Waals surface area contributed by atoms with Crippen molar-refractivity contribution in [3.63, 3.8) is 0 Å². The van der Waals surface area contributed by atoms with Crippen LogP contribution in [0.5, 0.6) is 0 Å². The van der Waals surface area contributed by atoms with Crippen LogP contribution in [0, 0.1) is 11.8 Å². The lowest BCUT2D eigenvalue weighted by molar-refractivity contribution is 0.197. The summed E-state index contributed by atoms with van der Waals surface area (Å²) in [6.45, 7) is 1.63. The monoisotopic (exact) mass is 504 g/mol. The van der Waals surface area contributed by atoms with Crippen molar-refractivity contribution in [2.45, 2.75) is 62.8 Å². The fourth-order valence-electron chi connectivity index (χ4n) is 6.47. The Bertz CT molecular complexity index is 989. The quantitative estimate of drug-likeness (QED) is 0.452. The van der Waals surface area contributed by atoms with Gasteiger partial charge in [-0.05, 0) is 84.7 Å². The first kappa shape index (κ1) is 23.3. The molecule has 1 saturated heterocycles. The second-order valence-corrected chi connectivity index (χ2v) is 11.3. The molecular weight excluding hydrogens is 475 g/mol. The van der Waals surface area contributed by atoms with Crippen LogP contribution in [0.1, 0.15) is 67.9 Å². The Kier molecular flexibility index (Phi) is 7.11. The summed E-state index contributed by atoms with van der Waals surface area (Å²) in [5, 5.41) is 5.46. The number of hydrogen-bond donors (Lipinski definition) is 1. The van der Waals surface area contributed by atoms with Gasteiger partial charge in [0, 0.05) is 34.2 Å². The van der Waals surface area contributed by atoms with Crippen LogP contribution in [-0.4, -0.2) is 30.1 Å². The van der Waals surface area contributed by atoms with E-state index in [1.54, 1.807) is 0 Å². The van der Waals surface area contributed by atoms with E-state index in [2.05, 4.69) is 28.4 Å². The SMILES string of the molecule is O=C(NC1CCCCC1)N1CC2CCC(c3ccc(Cl)cc3Cl)C(c3ccc(Cl)cc3)C2C1. The standard InChI is InChI=1S/C27H31Cl3N2O/c28-19-9-6-17(7-10-19)26-23(22-13-11-20(29)14-25(22)30)12-8-18-15-32(16-24(18)26)27(33)31-21-4-2-1-3-5-21/h6-7,9-11,13-14,18,21,23-24,26H,1-5,8,12,15-16H2,(H,31,33). The highest BCUT2D eigenvalue weighted by molar-refractivity contribution is 6.35. The van der Waals surface area contributed by atoms with E-state index >= 15 is 0 Å². The molecule has 2 amide bonds. The Labute approximate surface area is 211 Å². The molecule has 1 heterocycles. The summed E-state index contributed by atoms with van der Waals surface area (Å²) in [7, 11) is 0. The normalized spacial score (nSPS) is 27.9. The Balaban J connectivity index is 1.41. The van der Waals surface area contributed by atoms with E-state index in [1.807, 2.05) is 24.3 Å². The number of rotatable bonds is 3. The average Bonchev–Trinajstić information content (AvgIpc) is 3.25. The van der Waals surface area contributed by atoms with E-state index in [1.165, 1.54) is 24.8 Å². The summed E-state index contributed by atoms with van der Waals surface area (Å²) in [6.07, 6.45) is 8.10. The number of nitrogens with zero attached hydrogens (tertiary/aromatic N) is 1. The Hall–Kier alpha value is -1.42. The first-order chi connectivity index (χ1) is 16.0. The molecule has 1 N–H and O–H groups in total. The molecule has 0 aromatic heterocycles. The summed E-state index contributed by atoms with van der Waals surface area (Å²) in [4.78, 5) is 15.2. The molecule has 2 aromatic carbocycles. The van der Waals surface area contributed by atoms with Crippen LogP contribution in [0.3, 0.4) is 0 Å². The van der Waals surface area contributed by atoms with E-state index in [9.17, 15) is 4.79 Å². The highest BCUT2D eigenvalue weighted by atomic mass is 35.5. The topological polar surface area (TPSA) is 32.3 Å². The molecule has 5 rings (SSSR count). The van der Waals surface area contributed by atoms with Gasteiger partial charge in [0.1, 0.15) is 0 Å². The van der Waals surface area contributed by atoms with Crippen LogP contribution in [-0.2, 0) is 0 Å². The zero-order valence-corrected chi connectivity index (χ0v) is 21.0. The number of likely N-dealkylation sites (tertiary alicyclic amines) is 1. The summed E-state index contributed by atoms with van der Waals surface area (Å²) in [5.74, 6) is 1.48. The maximum atomic E-state index is 13.1. The van der Waals surface area contributed by atoms with Crippen molar-refractivity contribution in [2.24, 2.45) is 11.8 Å². The van der Waals surface area contributed by atoms with Crippen LogP contribution in [0.15, 0.2) is 42.5 Å². The Morgan fingerprint density at radius 1 is 0.848 bits per heavy atom. The first-order valence-electron chi connectivity index (χ1n) is 12.3. The minimum Gasteiger partial charge on any atom is -0.335 e. The predicted molar refractivity (Wildman–Crippen MR) is 137 cm³/mol. The van der Waals surface area contributed by atoms with Crippen molar-refractivity contribution in [1.29, 1.82) is 0 Å². The predicted octanol–water partition coefficient (Wildman–Crippen LogP) is 7.90. The van der Waals surface area contributed by atoms with E-state index in [-0.39, 0.29) is 11.9 Å². The Morgan fingerprint density at radius 3 is 2.30 bits per heavy atom. The fourth-order valence-corrected chi connectivity index (χ4v) is 7.15. The molecule has 2 aromatic rings. The van der Waals surface area contributed by atoms with Crippen molar-refractivity contribution in [2.75, 3.05) is 13.1 Å². The summed E-state index contributed by atoms with van der Waals surface area (Å²) < 4.78 is 0. The molecule has 3 fully saturated rings. The third kappa shape index (κ3) is 5.01. The number of halogens is 3. The van der Waals surface area contributed by atoms with Crippen LogP contribution in [0.25, 0.3) is 0 Å². The van der Waals surface area contributed by atoms with Crippen LogP contribution in [0.2, 0.25) is 15.1 Å². The van der Waals surface area contributed by atoms with Gasteiger partial charge in [0.15, 0.2) is 0 Å². The molecule has 2 aliphatic carbocycles. The van der Waals surface area contributed by atoms with Gasteiger partial charge in [0.2, 0.25) is 0 Å². The third-order valence-corrected chi connectivity index (χ3v) is 8.89. The number of carbonyl (C=O) groups excluding carboxylic acids is 1. The van der Waals surface area contributed by atoms with Gasteiger partial charge >= 0.3 is 6.03 Å². The second kappa shape index (κ2) is 10.1. The number of amides is 2. The van der Waals surface area contributed by atoms with Crippen LogP contribution < -0.4 is 5.32 Å². The van der Waals surface area contributed by atoms with Crippen molar-refractivity contribution >= 4 is 40.8 Å². The van der Waals surface area contributed by atoms with Gasteiger partial charge in [-0.25, -0.2) is 4.79 Å². The molecule has 4 atom stereocenters. The minimum absolute atomic E-state index is 0.118. The lowest BCUT2D eigenvalue weighted by Gasteiger charge is -2.40. The maximum Gasteiger partial charge on any atom is 0.317 e. The number of hydrogen-bond acceptors (Lipinski definition) is 1. The van der Waals surface area contributed by atoms with E-state index < -0.39 is 0 Å². The zero-order valence-electron chi connectivity index (χ0n) is 18.8. The number of urea groups is 1. The van der Waals surface area contributed by atoms with Crippen LogP contribution >= 0.6 is 34.8 Å². The van der Waals surface area contributed by atoms with Gasteiger partial charge in [-0.3, -0.25) is 0 Å². The minimum atomic E-state index is 0.118. The third-order valence-electron chi connectivity index (χ3n) is 8.07. The van der Waals surface area contributed by atoms with E-state index in [0.717, 1.165) is 54.4 Å². The van der Waals surface area contributed by atoms with Gasteiger partial charge < -0.3 is 10.2 Å². The van der Waals surface area contributed by atoms with Gasteiger partial charge in [0.05, 0.1) is 0 Å². The molecule has 33 heavy (non-hydrogen) atoms. The van der Waals surface area contributed by atoms with E-state index in [0.29, 0.717) is 28.8 Å². The summed E-state index contributed by atoms with van der Waals surface area (Å²) in [6, 6.07) is 14.6. The van der Waals surface area contributed by atoms with Crippen molar-refractivity contribution in [3.8, 4) is 0 Å². The van der Waals surface area contributed by atoms with Gasteiger partial charge in [-0.15, -0.1) is 0 Å². The molecule has 0 radical (unpaired) electrons. The molecule has 3 aliphatic rings. The highest BCUT2D eigenvalue weighted by Gasteiger charge is 2.47. The molecule has 4 unspecified atom stereocenters. The molecule has 0 bridgehead atoms. The summed E-state index contributed by atoms with van der Waals surface area (Å²) >= 11 is 19.1. The van der Waals surface area contributed by atoms with Gasteiger partial charge in [-0.2, -0.15) is 0 Å². The maximum absolute atomic E-state index is 13.1. The first-order valence-corrected chi connectivity index (χ1v) is 13.4. The molecule has 1 aliphatic heterocycles. The van der Waals surface area contributed by atoms with Crippen molar-refractivity contribution in [1.82, 2.24) is 10.2 Å². The molecule has 3 nitrogen and oxygen atoms in total. The van der Waals surface area contributed by atoms with Crippen LogP contribution in [0.4, 0.5) is 4.79 Å². The van der Waals surface area contributed by atoms with Crippen molar-refractivity contribution in [3.05, 3.63) is 68.7 Å². The van der Waals surface area contributed by atoms with E-state index in [4.69, 9.17) is 34.8 Å². The molecule has 0 spiro atoms. The Morgan fingerprint density at radius 2 is 1.58 bits per heavy atom. The number of benzene rings is 2. The average molecular weight is 506 g/mol. The largest absolute Gasteiger partial charge is 0.335 e. The lowest BCUT2D eigenvalue weighted by Crippen LogP contribution is -2.44. The molecule has 6 heteroatoms. The van der Waals surface area contributed by atoms with Gasteiger partial charge in [0.25, 0.3) is 0 Å². The highest BCUT2D eigenvalue weighted by Crippen LogP contribution is 2.53. The number of fused-ring (bicyclic) bond motifs is 1. The smallest absolute Gasteiger partial charge is 0.317 e. The lowest BCUT2D eigenvalue weighted by atomic mass is 9.63. The molecule has 2 saturated carbocycles. The fraction of sp³-hybridized carbons (Fsp3) is 0.519.